The number of piperidine rings is 1. The van der Waals surface area contributed by atoms with Crippen molar-refractivity contribution in [1.82, 2.24) is 14.7 Å². The van der Waals surface area contributed by atoms with Gasteiger partial charge in [0, 0.05) is 24.3 Å². The number of nitrogens with one attached hydrogen (secondary N) is 1. The van der Waals surface area contributed by atoms with E-state index in [9.17, 15) is 14.4 Å². The number of rotatable bonds is 9. The number of nitrogens with zero attached hydrogens (tertiary/aromatic N) is 3. The number of amides is 1. The van der Waals surface area contributed by atoms with Crippen LogP contribution >= 0.6 is 0 Å². The average Bonchev–Trinajstić information content (AvgIpc) is 3.55. The van der Waals surface area contributed by atoms with Gasteiger partial charge in [0.25, 0.3) is 11.5 Å². The molecule has 0 unspecified atom stereocenters. The smallest absolute Gasteiger partial charge is 0.310 e. The summed E-state index contributed by atoms with van der Waals surface area (Å²) in [6.07, 6.45) is 6.15. The summed E-state index contributed by atoms with van der Waals surface area (Å²) < 4.78 is 18.0. The van der Waals surface area contributed by atoms with Gasteiger partial charge >= 0.3 is 5.97 Å². The maximum Gasteiger partial charge on any atom is 0.310 e. The molecule has 0 spiro atoms. The Kier molecular flexibility index (Phi) is 8.81. The molecular formula is C35H36N4O6. The lowest BCUT2D eigenvalue weighted by Gasteiger charge is -2.31. The Balaban J connectivity index is 1.26. The van der Waals surface area contributed by atoms with Crippen molar-refractivity contribution in [3.63, 3.8) is 0 Å². The molecule has 1 aliphatic carbocycles. The summed E-state index contributed by atoms with van der Waals surface area (Å²) in [5.74, 6) is 0.850. The molecule has 1 fully saturated rings. The topological polar surface area (TPSA) is 112 Å². The van der Waals surface area contributed by atoms with Gasteiger partial charge in [0.15, 0.2) is 11.4 Å². The molecule has 6 rings (SSSR count). The molecule has 2 heterocycles. The van der Waals surface area contributed by atoms with Gasteiger partial charge in [0.2, 0.25) is 0 Å². The van der Waals surface area contributed by atoms with Crippen LogP contribution in [0.25, 0.3) is 5.69 Å². The Morgan fingerprint density at radius 2 is 1.71 bits per heavy atom. The highest BCUT2D eigenvalue weighted by atomic mass is 16.5. The van der Waals surface area contributed by atoms with Crippen LogP contribution in [-0.2, 0) is 22.4 Å². The molecular weight excluding hydrogens is 572 g/mol. The zero-order valence-electron chi connectivity index (χ0n) is 25.5. The van der Waals surface area contributed by atoms with Crippen LogP contribution in [-0.4, -0.2) is 53.4 Å². The predicted octanol–water partition coefficient (Wildman–Crippen LogP) is 5.68. The normalized spacial score (nSPS) is 15.7. The first-order valence-corrected chi connectivity index (χ1v) is 15.3. The Morgan fingerprint density at radius 1 is 0.956 bits per heavy atom. The van der Waals surface area contributed by atoms with Crippen molar-refractivity contribution >= 4 is 23.3 Å². The van der Waals surface area contributed by atoms with Crippen molar-refractivity contribution in [1.29, 1.82) is 0 Å². The first kappa shape index (κ1) is 29.9. The minimum Gasteiger partial charge on any atom is -0.497 e. The molecule has 0 saturated carbocycles. The Hall–Kier alpha value is -5.12. The zero-order valence-corrected chi connectivity index (χ0v) is 25.5. The second-order valence-corrected chi connectivity index (χ2v) is 11.2. The lowest BCUT2D eigenvalue weighted by Crippen LogP contribution is -2.42. The van der Waals surface area contributed by atoms with E-state index in [1.54, 1.807) is 67.5 Å². The largest absolute Gasteiger partial charge is 0.497 e. The maximum absolute atomic E-state index is 13.9. The van der Waals surface area contributed by atoms with Crippen LogP contribution in [0.15, 0.2) is 77.7 Å². The minimum atomic E-state index is -0.405. The molecule has 10 nitrogen and oxygen atoms in total. The van der Waals surface area contributed by atoms with Gasteiger partial charge in [-0.15, -0.1) is 0 Å². The quantitative estimate of drug-likeness (QED) is 0.242. The van der Waals surface area contributed by atoms with Crippen molar-refractivity contribution in [2.24, 2.45) is 5.92 Å². The van der Waals surface area contributed by atoms with Gasteiger partial charge in [0.05, 0.1) is 31.5 Å². The van der Waals surface area contributed by atoms with Crippen molar-refractivity contribution in [2.75, 3.05) is 32.1 Å². The highest BCUT2D eigenvalue weighted by molar-refractivity contribution is 5.95. The van der Waals surface area contributed by atoms with E-state index in [0.29, 0.717) is 54.6 Å². The van der Waals surface area contributed by atoms with Gasteiger partial charge in [0.1, 0.15) is 11.5 Å². The zero-order chi connectivity index (χ0) is 31.3. The molecule has 0 radical (unpaired) electrons. The molecule has 1 saturated heterocycles. The molecule has 1 N–H and O–H groups in total. The van der Waals surface area contributed by atoms with E-state index in [-0.39, 0.29) is 29.2 Å². The Labute approximate surface area is 261 Å². The number of aryl methyl sites for hydroxylation is 2. The van der Waals surface area contributed by atoms with E-state index in [0.717, 1.165) is 25.7 Å². The third-order valence-corrected chi connectivity index (χ3v) is 8.29. The van der Waals surface area contributed by atoms with E-state index in [4.69, 9.17) is 14.2 Å². The van der Waals surface area contributed by atoms with Crippen molar-refractivity contribution in [2.45, 2.75) is 39.0 Å². The lowest BCUT2D eigenvalue weighted by atomic mass is 9.97. The molecule has 1 aromatic heterocycles. The van der Waals surface area contributed by atoms with Gasteiger partial charge in [-0.3, -0.25) is 14.4 Å². The van der Waals surface area contributed by atoms with Crippen LogP contribution in [0.2, 0.25) is 0 Å². The number of anilines is 2. The second-order valence-electron chi connectivity index (χ2n) is 11.2. The van der Waals surface area contributed by atoms with E-state index in [1.165, 1.54) is 22.0 Å². The summed E-state index contributed by atoms with van der Waals surface area (Å²) in [6, 6.07) is 20.0. The maximum atomic E-state index is 13.9. The van der Waals surface area contributed by atoms with E-state index in [2.05, 4.69) is 16.5 Å². The lowest BCUT2D eigenvalue weighted by molar-refractivity contribution is -0.149. The molecule has 10 heteroatoms. The minimum absolute atomic E-state index is 0.151. The summed E-state index contributed by atoms with van der Waals surface area (Å²) in [7, 11) is 1.58. The molecule has 232 valence electrons. The molecule has 1 amide bonds. The first-order chi connectivity index (χ1) is 21.9. The summed E-state index contributed by atoms with van der Waals surface area (Å²) in [6.45, 7) is 3.02. The highest BCUT2D eigenvalue weighted by Crippen LogP contribution is 2.32. The molecule has 2 aliphatic rings. The number of ether oxygens (including phenoxy) is 3. The first-order valence-electron chi connectivity index (χ1n) is 15.3. The molecule has 4 aromatic rings. The van der Waals surface area contributed by atoms with Gasteiger partial charge in [-0.2, -0.15) is 9.78 Å². The molecule has 45 heavy (non-hydrogen) atoms. The van der Waals surface area contributed by atoms with E-state index >= 15 is 0 Å². The van der Waals surface area contributed by atoms with Crippen LogP contribution in [0.1, 0.15) is 47.7 Å². The summed E-state index contributed by atoms with van der Waals surface area (Å²) in [5.41, 5.74) is 4.03. The predicted molar refractivity (Wildman–Crippen MR) is 170 cm³/mol. The molecule has 3 aromatic carbocycles. The summed E-state index contributed by atoms with van der Waals surface area (Å²) in [5, 5.41) is 7.63. The number of hydrogen-bond donors (Lipinski definition) is 1. The third kappa shape index (κ3) is 6.55. The fourth-order valence-corrected chi connectivity index (χ4v) is 5.91. The number of methoxy groups -OCH3 is 1. The summed E-state index contributed by atoms with van der Waals surface area (Å²) >= 11 is 0. The number of aromatic nitrogens is 2. The van der Waals surface area contributed by atoms with E-state index in [1.807, 2.05) is 12.1 Å². The fraction of sp³-hybridized carbons (Fsp3) is 0.314. The number of benzene rings is 3. The monoisotopic (exact) mass is 608 g/mol. The van der Waals surface area contributed by atoms with Gasteiger partial charge in [-0.1, -0.05) is 6.07 Å². The second kappa shape index (κ2) is 13.3. The van der Waals surface area contributed by atoms with Crippen LogP contribution in [0.5, 0.6) is 17.2 Å². The number of fused-ring (bicyclic) bond motifs is 1. The van der Waals surface area contributed by atoms with Crippen LogP contribution in [0, 0.1) is 5.92 Å². The third-order valence-electron chi connectivity index (χ3n) is 8.29. The fourth-order valence-electron chi connectivity index (χ4n) is 5.91. The number of carbonyl (C=O) groups is 2. The van der Waals surface area contributed by atoms with Crippen molar-refractivity contribution in [3.05, 3.63) is 100.0 Å². The number of hydrogen-bond acceptors (Lipinski definition) is 8. The number of likely N-dealkylation sites (tertiary alicyclic amines) is 1. The van der Waals surface area contributed by atoms with Crippen LogP contribution in [0.3, 0.4) is 0 Å². The summed E-state index contributed by atoms with van der Waals surface area (Å²) in [4.78, 5) is 41.1. The van der Waals surface area contributed by atoms with Crippen molar-refractivity contribution in [3.8, 4) is 22.9 Å². The van der Waals surface area contributed by atoms with E-state index < -0.39 is 5.56 Å². The van der Waals surface area contributed by atoms with Gasteiger partial charge in [-0.05, 0) is 111 Å². The number of esters is 1. The number of carbonyl (C=O) groups excluding carboxylic acids is 2. The molecule has 0 bridgehead atoms. The van der Waals surface area contributed by atoms with Gasteiger partial charge in [-0.25, -0.2) is 0 Å². The molecule has 1 aliphatic heterocycles. The molecule has 1 atom stereocenters. The average molecular weight is 609 g/mol. The SMILES string of the molecule is CCOC(=O)[C@H]1CCCN(C(=O)c2ccc(Nc3c(Oc4ccc5c(c4)CCC5)cnn(-c4ccc(OC)cc4)c3=O)cc2)C1. The standard InChI is InChI=1S/C35H36N4O6/c1-3-44-35(42)26-8-5-19-38(22-26)33(40)24-9-12-27(13-10-24)37-32-31(45-30-16-11-23-6-4-7-25(23)20-30)21-36-39(34(32)41)28-14-17-29(43-2)18-15-28/h9-18,20-21,26,37H,3-8,19,22H2,1-2H3/t26-/m0/s1. The Morgan fingerprint density at radius 3 is 2.47 bits per heavy atom. The Bertz CT molecular complexity index is 1750. The highest BCUT2D eigenvalue weighted by Gasteiger charge is 2.30. The van der Waals surface area contributed by atoms with Crippen molar-refractivity contribution < 1.29 is 23.8 Å². The van der Waals surface area contributed by atoms with Crippen LogP contribution < -0.4 is 20.3 Å². The van der Waals surface area contributed by atoms with Crippen LogP contribution in [0.4, 0.5) is 11.4 Å². The van der Waals surface area contributed by atoms with Gasteiger partial charge < -0.3 is 24.4 Å².